The number of nitrogens with one attached hydrogen (secondary N) is 2. The zero-order chi connectivity index (χ0) is 14.9. The Kier molecular flexibility index (Phi) is 8.94. The number of hydrogen-bond donors (Lipinski definition) is 2. The molecule has 0 aromatic heterocycles. The van der Waals surface area contributed by atoms with Crippen LogP contribution in [0.3, 0.4) is 0 Å². The van der Waals surface area contributed by atoms with E-state index in [0.29, 0.717) is 6.54 Å². The summed E-state index contributed by atoms with van der Waals surface area (Å²) in [5.74, 6) is 0.967. The molecule has 4 nitrogen and oxygen atoms in total. The molecular weight excluding hydrogens is 300 g/mol. The first-order valence-corrected chi connectivity index (χ1v) is 8.14. The van der Waals surface area contributed by atoms with E-state index in [4.69, 9.17) is 4.74 Å². The summed E-state index contributed by atoms with van der Waals surface area (Å²) < 4.78 is 5.61. The summed E-state index contributed by atoms with van der Waals surface area (Å²) in [7, 11) is 0. The van der Waals surface area contributed by atoms with Crippen LogP contribution in [-0.4, -0.2) is 32.1 Å². The number of carbonyl (C=O) groups excluding carboxylic acids is 1. The SMILES string of the molecule is CCCCOc1ccc(NC(=O)C[NH+]2CCCCC2)cc1.[Cl-]. The summed E-state index contributed by atoms with van der Waals surface area (Å²) in [5, 5.41) is 2.97. The molecule has 1 aliphatic heterocycles. The van der Waals surface area contributed by atoms with Gasteiger partial charge in [0.05, 0.1) is 19.7 Å². The van der Waals surface area contributed by atoms with E-state index in [0.717, 1.165) is 44.0 Å². The van der Waals surface area contributed by atoms with Gasteiger partial charge >= 0.3 is 0 Å². The van der Waals surface area contributed by atoms with Crippen molar-refractivity contribution in [3.8, 4) is 5.75 Å². The Labute approximate surface area is 139 Å². The first kappa shape index (κ1) is 18.8. The molecule has 2 N–H and O–H groups in total. The van der Waals surface area contributed by atoms with Crippen LogP contribution in [0.2, 0.25) is 0 Å². The maximum atomic E-state index is 12.0. The number of likely N-dealkylation sites (tertiary alicyclic amines) is 1. The van der Waals surface area contributed by atoms with E-state index in [1.54, 1.807) is 0 Å². The highest BCUT2D eigenvalue weighted by Crippen LogP contribution is 2.15. The molecule has 0 bridgehead atoms. The standard InChI is InChI=1S/C17H26N2O2.ClH/c1-2-3-13-21-16-9-7-15(8-10-16)18-17(20)14-19-11-5-4-6-12-19;/h7-10H,2-6,11-14H2,1H3,(H,18,20);1H. The van der Waals surface area contributed by atoms with Crippen LogP contribution in [0.5, 0.6) is 5.75 Å². The number of amides is 1. The van der Waals surface area contributed by atoms with Crippen molar-refractivity contribution in [1.29, 1.82) is 0 Å². The Bertz CT molecular complexity index is 431. The first-order chi connectivity index (χ1) is 10.3. The molecule has 0 aliphatic carbocycles. The van der Waals surface area contributed by atoms with Gasteiger partial charge in [-0.25, -0.2) is 0 Å². The predicted octanol–water partition coefficient (Wildman–Crippen LogP) is -1.12. The average Bonchev–Trinajstić information content (AvgIpc) is 2.50. The molecule has 1 aromatic rings. The number of ether oxygens (including phenoxy) is 1. The lowest BCUT2D eigenvalue weighted by Gasteiger charge is -2.22. The van der Waals surface area contributed by atoms with Crippen molar-refractivity contribution in [2.45, 2.75) is 39.0 Å². The van der Waals surface area contributed by atoms with E-state index < -0.39 is 0 Å². The highest BCUT2D eigenvalue weighted by Gasteiger charge is 2.17. The molecule has 0 radical (unpaired) electrons. The summed E-state index contributed by atoms with van der Waals surface area (Å²) in [4.78, 5) is 13.4. The van der Waals surface area contributed by atoms with Gasteiger partial charge in [-0.1, -0.05) is 13.3 Å². The average molecular weight is 327 g/mol. The Morgan fingerprint density at radius 2 is 1.86 bits per heavy atom. The number of unbranched alkanes of at least 4 members (excludes halogenated alkanes) is 1. The molecule has 1 saturated heterocycles. The van der Waals surface area contributed by atoms with Crippen LogP contribution in [0.1, 0.15) is 39.0 Å². The molecule has 1 amide bonds. The van der Waals surface area contributed by atoms with Gasteiger partial charge < -0.3 is 27.4 Å². The van der Waals surface area contributed by atoms with Gasteiger partial charge in [-0.05, 0) is 49.9 Å². The van der Waals surface area contributed by atoms with Crippen molar-refractivity contribution >= 4 is 11.6 Å². The largest absolute Gasteiger partial charge is 1.00 e. The van der Waals surface area contributed by atoms with Gasteiger partial charge in [0.15, 0.2) is 6.54 Å². The van der Waals surface area contributed by atoms with Gasteiger partial charge in [-0.3, -0.25) is 4.79 Å². The fraction of sp³-hybridized carbons (Fsp3) is 0.588. The second-order valence-corrected chi connectivity index (χ2v) is 5.76. The smallest absolute Gasteiger partial charge is 0.279 e. The summed E-state index contributed by atoms with van der Waals surface area (Å²) in [5.41, 5.74) is 0.847. The summed E-state index contributed by atoms with van der Waals surface area (Å²) in [6.45, 7) is 5.72. The van der Waals surface area contributed by atoms with Crippen molar-refractivity contribution in [3.05, 3.63) is 24.3 Å². The van der Waals surface area contributed by atoms with Gasteiger partial charge in [-0.2, -0.15) is 0 Å². The van der Waals surface area contributed by atoms with E-state index in [2.05, 4.69) is 12.2 Å². The van der Waals surface area contributed by atoms with E-state index in [1.165, 1.54) is 24.2 Å². The van der Waals surface area contributed by atoms with Gasteiger partial charge in [0.25, 0.3) is 5.91 Å². The fourth-order valence-corrected chi connectivity index (χ4v) is 2.63. The van der Waals surface area contributed by atoms with Crippen LogP contribution in [0, 0.1) is 0 Å². The van der Waals surface area contributed by atoms with Crippen molar-refractivity contribution in [2.75, 3.05) is 31.6 Å². The van der Waals surface area contributed by atoms with Crippen LogP contribution in [0.4, 0.5) is 5.69 Å². The molecule has 5 heteroatoms. The van der Waals surface area contributed by atoms with Gasteiger partial charge in [0.1, 0.15) is 5.75 Å². The number of halogens is 1. The number of hydrogen-bond acceptors (Lipinski definition) is 2. The molecule has 1 heterocycles. The maximum Gasteiger partial charge on any atom is 0.279 e. The number of piperidine rings is 1. The van der Waals surface area contributed by atoms with Gasteiger partial charge in [-0.15, -0.1) is 0 Å². The highest BCUT2D eigenvalue weighted by atomic mass is 35.5. The molecule has 124 valence electrons. The number of benzene rings is 1. The molecule has 1 aromatic carbocycles. The normalized spacial score (nSPS) is 15.0. The van der Waals surface area contributed by atoms with Crippen molar-refractivity contribution in [3.63, 3.8) is 0 Å². The van der Waals surface area contributed by atoms with Crippen LogP contribution < -0.4 is 27.4 Å². The van der Waals surface area contributed by atoms with E-state index in [-0.39, 0.29) is 18.3 Å². The Hall–Kier alpha value is -1.26. The lowest BCUT2D eigenvalue weighted by molar-refractivity contribution is -0.896. The van der Waals surface area contributed by atoms with Crippen molar-refractivity contribution in [1.82, 2.24) is 0 Å². The number of anilines is 1. The second-order valence-electron chi connectivity index (χ2n) is 5.76. The summed E-state index contributed by atoms with van der Waals surface area (Å²) in [6, 6.07) is 7.65. The van der Waals surface area contributed by atoms with Gasteiger partial charge in [0, 0.05) is 5.69 Å². The third-order valence-corrected chi connectivity index (χ3v) is 3.88. The topological polar surface area (TPSA) is 42.8 Å². The Morgan fingerprint density at radius 1 is 1.18 bits per heavy atom. The zero-order valence-electron chi connectivity index (χ0n) is 13.4. The third kappa shape index (κ3) is 6.67. The lowest BCUT2D eigenvalue weighted by atomic mass is 10.1. The second kappa shape index (κ2) is 10.5. The minimum Gasteiger partial charge on any atom is -1.00 e. The highest BCUT2D eigenvalue weighted by molar-refractivity contribution is 5.91. The molecule has 0 spiro atoms. The molecular formula is C17H27ClN2O2. The minimum absolute atomic E-state index is 0. The molecule has 1 fully saturated rings. The first-order valence-electron chi connectivity index (χ1n) is 8.14. The fourth-order valence-electron chi connectivity index (χ4n) is 2.63. The van der Waals surface area contributed by atoms with E-state index in [9.17, 15) is 4.79 Å². The minimum atomic E-state index is 0. The number of carbonyl (C=O) groups is 1. The Morgan fingerprint density at radius 3 is 2.50 bits per heavy atom. The summed E-state index contributed by atoms with van der Waals surface area (Å²) >= 11 is 0. The van der Waals surface area contributed by atoms with Crippen molar-refractivity contribution in [2.24, 2.45) is 0 Å². The van der Waals surface area contributed by atoms with Crippen LogP contribution in [0.15, 0.2) is 24.3 Å². The lowest BCUT2D eigenvalue weighted by Crippen LogP contribution is -3.13. The molecule has 0 atom stereocenters. The predicted molar refractivity (Wildman–Crippen MR) is 84.9 cm³/mol. The molecule has 1 aliphatic rings. The van der Waals surface area contributed by atoms with Gasteiger partial charge in [0.2, 0.25) is 0 Å². The van der Waals surface area contributed by atoms with E-state index in [1.807, 2.05) is 24.3 Å². The van der Waals surface area contributed by atoms with Crippen molar-refractivity contribution < 1.29 is 26.8 Å². The number of rotatable bonds is 7. The zero-order valence-corrected chi connectivity index (χ0v) is 14.1. The van der Waals surface area contributed by atoms with Crippen LogP contribution >= 0.6 is 0 Å². The molecule has 0 unspecified atom stereocenters. The van der Waals surface area contributed by atoms with E-state index >= 15 is 0 Å². The van der Waals surface area contributed by atoms with Crippen LogP contribution in [-0.2, 0) is 4.79 Å². The van der Waals surface area contributed by atoms with Crippen LogP contribution in [0.25, 0.3) is 0 Å². The molecule has 2 rings (SSSR count). The number of quaternary nitrogens is 1. The molecule has 0 saturated carbocycles. The quantitative estimate of drug-likeness (QED) is 0.623. The monoisotopic (exact) mass is 326 g/mol. The maximum absolute atomic E-state index is 12.0. The Balaban J connectivity index is 0.00000242. The molecule has 22 heavy (non-hydrogen) atoms. The summed E-state index contributed by atoms with van der Waals surface area (Å²) in [6.07, 6.45) is 5.99. The third-order valence-electron chi connectivity index (χ3n) is 3.88.